The number of ether oxygens (including phenoxy) is 2. The fourth-order valence-electron chi connectivity index (χ4n) is 2.43. The summed E-state index contributed by atoms with van der Waals surface area (Å²) in [5.41, 5.74) is 0.455. The topological polar surface area (TPSA) is 33.7 Å². The van der Waals surface area contributed by atoms with Gasteiger partial charge in [0.05, 0.1) is 6.61 Å². The summed E-state index contributed by atoms with van der Waals surface area (Å²) in [7, 11) is 1.73. The van der Waals surface area contributed by atoms with Gasteiger partial charge in [-0.15, -0.1) is 0 Å². The number of nitrogens with one attached hydrogen (secondary N) is 1. The van der Waals surface area contributed by atoms with Crippen molar-refractivity contribution in [2.24, 2.45) is 0 Å². The molecule has 4 nitrogen and oxygen atoms in total. The highest BCUT2D eigenvalue weighted by Gasteiger charge is 2.38. The van der Waals surface area contributed by atoms with Gasteiger partial charge in [-0.05, 0) is 33.6 Å². The number of hydrogen-bond donors (Lipinski definition) is 1. The zero-order valence-corrected chi connectivity index (χ0v) is 13.4. The largest absolute Gasteiger partial charge is 0.385 e. The molecule has 1 N–H and O–H groups in total. The average Bonchev–Trinajstić information content (AvgIpc) is 2.38. The standard InChI is InChI=1S/C15H32N2O2/c1-6-15(4)13-17(14(2,3)12-16-15)8-11-19-10-7-9-18-5/h16H,6-13H2,1-5H3. The Labute approximate surface area is 118 Å². The number of piperazine rings is 1. The van der Waals surface area contributed by atoms with Gasteiger partial charge in [-0.25, -0.2) is 0 Å². The molecule has 0 radical (unpaired) electrons. The Morgan fingerprint density at radius 3 is 2.53 bits per heavy atom. The third-order valence-electron chi connectivity index (χ3n) is 4.27. The van der Waals surface area contributed by atoms with Gasteiger partial charge in [-0.2, -0.15) is 0 Å². The fourth-order valence-corrected chi connectivity index (χ4v) is 2.43. The summed E-state index contributed by atoms with van der Waals surface area (Å²) in [6.45, 7) is 14.7. The summed E-state index contributed by atoms with van der Waals surface area (Å²) in [6.07, 6.45) is 2.14. The Hall–Kier alpha value is -0.160. The lowest BCUT2D eigenvalue weighted by atomic mass is 9.88. The van der Waals surface area contributed by atoms with Gasteiger partial charge in [0.1, 0.15) is 0 Å². The second-order valence-electron chi connectivity index (χ2n) is 6.46. The molecule has 19 heavy (non-hydrogen) atoms. The van der Waals surface area contributed by atoms with E-state index in [1.54, 1.807) is 7.11 Å². The molecule has 1 unspecified atom stereocenters. The predicted molar refractivity (Wildman–Crippen MR) is 79.7 cm³/mol. The van der Waals surface area contributed by atoms with Crippen LogP contribution in [0.4, 0.5) is 0 Å². The van der Waals surface area contributed by atoms with Crippen molar-refractivity contribution in [1.29, 1.82) is 0 Å². The van der Waals surface area contributed by atoms with E-state index in [1.807, 2.05) is 0 Å². The number of rotatable bonds is 8. The monoisotopic (exact) mass is 272 g/mol. The molecule has 0 saturated carbocycles. The van der Waals surface area contributed by atoms with Crippen molar-refractivity contribution in [3.63, 3.8) is 0 Å². The van der Waals surface area contributed by atoms with Crippen LogP contribution in [-0.4, -0.2) is 62.5 Å². The average molecular weight is 272 g/mol. The van der Waals surface area contributed by atoms with E-state index < -0.39 is 0 Å². The SMILES string of the molecule is CCC1(C)CN(CCOCCCOC)C(C)(C)CN1. The molecule has 0 amide bonds. The fraction of sp³-hybridized carbons (Fsp3) is 1.00. The van der Waals surface area contributed by atoms with Crippen molar-refractivity contribution in [3.8, 4) is 0 Å². The molecular weight excluding hydrogens is 240 g/mol. The van der Waals surface area contributed by atoms with Gasteiger partial charge in [0.2, 0.25) is 0 Å². The van der Waals surface area contributed by atoms with Crippen LogP contribution in [0.5, 0.6) is 0 Å². The number of hydrogen-bond acceptors (Lipinski definition) is 4. The molecule has 1 heterocycles. The lowest BCUT2D eigenvalue weighted by molar-refractivity contribution is 0.00312. The maximum absolute atomic E-state index is 5.69. The Bertz CT molecular complexity index is 259. The van der Waals surface area contributed by atoms with Gasteiger partial charge in [0.25, 0.3) is 0 Å². The van der Waals surface area contributed by atoms with Crippen molar-refractivity contribution in [2.45, 2.75) is 51.6 Å². The molecule has 1 rings (SSSR count). The van der Waals surface area contributed by atoms with Gasteiger partial charge in [-0.3, -0.25) is 4.90 Å². The van der Waals surface area contributed by atoms with E-state index in [1.165, 1.54) is 0 Å². The summed E-state index contributed by atoms with van der Waals surface area (Å²) < 4.78 is 10.7. The van der Waals surface area contributed by atoms with Gasteiger partial charge in [0.15, 0.2) is 0 Å². The van der Waals surface area contributed by atoms with E-state index >= 15 is 0 Å². The zero-order valence-electron chi connectivity index (χ0n) is 13.4. The summed E-state index contributed by atoms with van der Waals surface area (Å²) in [5.74, 6) is 0. The lowest BCUT2D eigenvalue weighted by Gasteiger charge is -2.50. The van der Waals surface area contributed by atoms with Gasteiger partial charge < -0.3 is 14.8 Å². The molecule has 4 heteroatoms. The molecule has 1 fully saturated rings. The van der Waals surface area contributed by atoms with E-state index in [4.69, 9.17) is 9.47 Å². The minimum absolute atomic E-state index is 0.213. The van der Waals surface area contributed by atoms with Crippen LogP contribution in [-0.2, 0) is 9.47 Å². The molecule has 0 spiro atoms. The van der Waals surface area contributed by atoms with Crippen LogP contribution in [0.25, 0.3) is 0 Å². The van der Waals surface area contributed by atoms with Crippen LogP contribution < -0.4 is 5.32 Å². The van der Waals surface area contributed by atoms with Crippen LogP contribution in [0.2, 0.25) is 0 Å². The lowest BCUT2D eigenvalue weighted by Crippen LogP contribution is -2.67. The highest BCUT2D eigenvalue weighted by molar-refractivity contribution is 4.98. The predicted octanol–water partition coefficient (Wildman–Crippen LogP) is 1.89. The minimum Gasteiger partial charge on any atom is -0.385 e. The van der Waals surface area contributed by atoms with E-state index in [0.717, 1.165) is 52.3 Å². The molecule has 0 aromatic rings. The molecule has 1 aliphatic rings. The minimum atomic E-state index is 0.213. The van der Waals surface area contributed by atoms with Gasteiger partial charge in [-0.1, -0.05) is 6.92 Å². The van der Waals surface area contributed by atoms with Crippen molar-refractivity contribution >= 4 is 0 Å². The van der Waals surface area contributed by atoms with Crippen LogP contribution >= 0.6 is 0 Å². The summed E-state index contributed by atoms with van der Waals surface area (Å²) in [5, 5.41) is 3.68. The molecule has 0 aliphatic carbocycles. The maximum Gasteiger partial charge on any atom is 0.0593 e. The maximum atomic E-state index is 5.69. The quantitative estimate of drug-likeness (QED) is 0.684. The van der Waals surface area contributed by atoms with Crippen molar-refractivity contribution in [3.05, 3.63) is 0 Å². The highest BCUT2D eigenvalue weighted by Crippen LogP contribution is 2.25. The first-order valence-electron chi connectivity index (χ1n) is 7.50. The summed E-state index contributed by atoms with van der Waals surface area (Å²) in [4.78, 5) is 2.56. The summed E-state index contributed by atoms with van der Waals surface area (Å²) >= 11 is 0. The van der Waals surface area contributed by atoms with E-state index in [2.05, 4.69) is 37.9 Å². The molecular formula is C15H32N2O2. The highest BCUT2D eigenvalue weighted by atomic mass is 16.5. The normalized spacial score (nSPS) is 27.6. The molecule has 114 valence electrons. The Kier molecular flexibility index (Phi) is 6.74. The number of nitrogens with zero attached hydrogens (tertiary/aromatic N) is 1. The van der Waals surface area contributed by atoms with Crippen LogP contribution in [0.15, 0.2) is 0 Å². The zero-order chi connectivity index (χ0) is 14.4. The molecule has 0 aromatic carbocycles. The molecule has 0 bridgehead atoms. The van der Waals surface area contributed by atoms with E-state index in [9.17, 15) is 0 Å². The molecule has 1 aliphatic heterocycles. The van der Waals surface area contributed by atoms with Crippen LogP contribution in [0.3, 0.4) is 0 Å². The van der Waals surface area contributed by atoms with E-state index in [-0.39, 0.29) is 11.1 Å². The van der Waals surface area contributed by atoms with Gasteiger partial charge >= 0.3 is 0 Å². The number of methoxy groups -OCH3 is 1. The molecule has 1 saturated heterocycles. The second kappa shape index (κ2) is 7.58. The van der Waals surface area contributed by atoms with Crippen LogP contribution in [0, 0.1) is 0 Å². The van der Waals surface area contributed by atoms with Crippen molar-refractivity contribution in [1.82, 2.24) is 10.2 Å². The first-order chi connectivity index (χ1) is 8.93. The van der Waals surface area contributed by atoms with E-state index in [0.29, 0.717) is 0 Å². The van der Waals surface area contributed by atoms with Crippen molar-refractivity contribution in [2.75, 3.05) is 46.6 Å². The summed E-state index contributed by atoms with van der Waals surface area (Å²) in [6, 6.07) is 0. The first-order valence-corrected chi connectivity index (χ1v) is 7.50. The Morgan fingerprint density at radius 1 is 1.16 bits per heavy atom. The second-order valence-corrected chi connectivity index (χ2v) is 6.46. The van der Waals surface area contributed by atoms with Crippen molar-refractivity contribution < 1.29 is 9.47 Å². The molecule has 1 atom stereocenters. The van der Waals surface area contributed by atoms with Crippen LogP contribution in [0.1, 0.15) is 40.5 Å². The van der Waals surface area contributed by atoms with Gasteiger partial charge in [0, 0.05) is 51.0 Å². The third-order valence-corrected chi connectivity index (χ3v) is 4.27. The smallest absolute Gasteiger partial charge is 0.0593 e. The Morgan fingerprint density at radius 2 is 1.89 bits per heavy atom. The third kappa shape index (κ3) is 5.38. The molecule has 0 aromatic heterocycles. The Balaban J connectivity index is 2.32. The first kappa shape index (κ1) is 16.9.